The Morgan fingerprint density at radius 1 is 1.26 bits per heavy atom. The number of nitrogens with one attached hydrogen (secondary N) is 3. The highest BCUT2D eigenvalue weighted by atomic mass is 32.1. The van der Waals surface area contributed by atoms with Gasteiger partial charge in [0.2, 0.25) is 0 Å². The Balaban J connectivity index is 1.43. The molecule has 0 spiro atoms. The van der Waals surface area contributed by atoms with Crippen molar-refractivity contribution in [2.45, 2.75) is 19.4 Å². The van der Waals surface area contributed by atoms with Crippen LogP contribution in [-0.4, -0.2) is 5.11 Å². The molecule has 0 aromatic heterocycles. The normalized spacial score (nSPS) is 19.7. The lowest BCUT2D eigenvalue weighted by atomic mass is 9.84. The van der Waals surface area contributed by atoms with Gasteiger partial charge in [-0.2, -0.15) is 0 Å². The summed E-state index contributed by atoms with van der Waals surface area (Å²) >= 11 is 5.24. The molecule has 4 heteroatoms. The highest BCUT2D eigenvalue weighted by molar-refractivity contribution is 7.80. The van der Waals surface area contributed by atoms with Crippen molar-refractivity contribution < 1.29 is 0 Å². The van der Waals surface area contributed by atoms with E-state index in [0.29, 0.717) is 5.11 Å². The van der Waals surface area contributed by atoms with Crippen molar-refractivity contribution in [1.29, 1.82) is 0 Å². The summed E-state index contributed by atoms with van der Waals surface area (Å²) in [6.45, 7) is 0.739. The third kappa shape index (κ3) is 2.79. The molecular formula is C15H17N3S. The highest BCUT2D eigenvalue weighted by Crippen LogP contribution is 2.40. The van der Waals surface area contributed by atoms with Gasteiger partial charge in [-0.15, -0.1) is 0 Å². The molecule has 2 aliphatic rings. The van der Waals surface area contributed by atoms with E-state index in [1.807, 2.05) is 18.2 Å². The third-order valence-corrected chi connectivity index (χ3v) is 3.83. The van der Waals surface area contributed by atoms with E-state index in [2.05, 4.69) is 40.5 Å². The second kappa shape index (κ2) is 5.45. The molecule has 1 aromatic rings. The van der Waals surface area contributed by atoms with Crippen LogP contribution in [0, 0.1) is 5.92 Å². The summed E-state index contributed by atoms with van der Waals surface area (Å²) in [6, 6.07) is 10.2. The molecule has 2 aliphatic carbocycles. The van der Waals surface area contributed by atoms with Crippen molar-refractivity contribution in [3.8, 4) is 0 Å². The Bertz CT molecular complexity index is 534. The molecule has 3 rings (SSSR count). The summed E-state index contributed by atoms with van der Waals surface area (Å²) in [5, 5.41) is 3.81. The second-order valence-electron chi connectivity index (χ2n) is 4.89. The van der Waals surface area contributed by atoms with E-state index in [4.69, 9.17) is 12.2 Å². The van der Waals surface area contributed by atoms with Crippen LogP contribution in [-0.2, 0) is 6.54 Å². The van der Waals surface area contributed by atoms with Crippen LogP contribution in [0.3, 0.4) is 0 Å². The van der Waals surface area contributed by atoms with E-state index < -0.39 is 0 Å². The monoisotopic (exact) mass is 271 g/mol. The van der Waals surface area contributed by atoms with E-state index in [0.717, 1.165) is 18.9 Å². The molecule has 0 fully saturated rings. The van der Waals surface area contributed by atoms with E-state index in [1.54, 1.807) is 0 Å². The lowest BCUT2D eigenvalue weighted by Crippen LogP contribution is -2.45. The average molecular weight is 271 g/mol. The molecule has 0 amide bonds. The molecule has 0 aliphatic heterocycles. The van der Waals surface area contributed by atoms with Crippen molar-refractivity contribution in [2.24, 2.45) is 5.92 Å². The molecule has 0 saturated carbocycles. The zero-order chi connectivity index (χ0) is 13.1. The van der Waals surface area contributed by atoms with Crippen LogP contribution in [0.4, 0.5) is 0 Å². The fourth-order valence-electron chi connectivity index (χ4n) is 2.47. The number of fused-ring (bicyclic) bond motifs is 1. The fraction of sp³-hybridized carbons (Fsp3) is 0.267. The zero-order valence-corrected chi connectivity index (χ0v) is 11.5. The van der Waals surface area contributed by atoms with E-state index in [1.165, 1.54) is 23.3 Å². The Hall–Kier alpha value is -1.81. The van der Waals surface area contributed by atoms with Gasteiger partial charge in [-0.1, -0.05) is 42.5 Å². The summed E-state index contributed by atoms with van der Waals surface area (Å²) < 4.78 is 0. The Morgan fingerprint density at radius 3 is 2.89 bits per heavy atom. The first-order chi connectivity index (χ1) is 9.33. The first kappa shape index (κ1) is 12.2. The van der Waals surface area contributed by atoms with Crippen LogP contribution in [0.5, 0.6) is 0 Å². The van der Waals surface area contributed by atoms with Crippen LogP contribution >= 0.6 is 12.2 Å². The molecule has 0 saturated heterocycles. The summed E-state index contributed by atoms with van der Waals surface area (Å²) in [5.41, 5.74) is 10.2. The van der Waals surface area contributed by atoms with Gasteiger partial charge in [0.15, 0.2) is 5.11 Å². The molecule has 1 atom stereocenters. The molecule has 19 heavy (non-hydrogen) atoms. The molecule has 1 aromatic carbocycles. The lowest BCUT2D eigenvalue weighted by molar-refractivity contribution is 0.515. The Kier molecular flexibility index (Phi) is 3.51. The minimum Gasteiger partial charge on any atom is -0.357 e. The fourth-order valence-corrected chi connectivity index (χ4v) is 2.60. The number of thiocarbonyl (C=S) groups is 1. The molecule has 98 valence electrons. The van der Waals surface area contributed by atoms with Gasteiger partial charge >= 0.3 is 0 Å². The molecule has 0 heterocycles. The number of rotatable bonds is 4. The number of allylic oxidation sites excluding steroid dienone is 4. The Morgan fingerprint density at radius 2 is 2.11 bits per heavy atom. The molecule has 0 bridgehead atoms. The van der Waals surface area contributed by atoms with Gasteiger partial charge in [0, 0.05) is 12.2 Å². The lowest BCUT2D eigenvalue weighted by Gasteiger charge is -2.29. The van der Waals surface area contributed by atoms with Gasteiger partial charge < -0.3 is 10.7 Å². The predicted molar refractivity (Wildman–Crippen MR) is 81.0 cm³/mol. The van der Waals surface area contributed by atoms with Crippen LogP contribution < -0.4 is 16.2 Å². The quantitative estimate of drug-likeness (QED) is 0.580. The van der Waals surface area contributed by atoms with Crippen molar-refractivity contribution in [3.05, 3.63) is 59.3 Å². The van der Waals surface area contributed by atoms with Crippen molar-refractivity contribution >= 4 is 17.3 Å². The first-order valence-electron chi connectivity index (χ1n) is 6.56. The smallest absolute Gasteiger partial charge is 0.185 e. The van der Waals surface area contributed by atoms with Crippen molar-refractivity contribution in [2.75, 3.05) is 0 Å². The van der Waals surface area contributed by atoms with Gasteiger partial charge in [-0.25, -0.2) is 0 Å². The van der Waals surface area contributed by atoms with E-state index in [9.17, 15) is 0 Å². The zero-order valence-electron chi connectivity index (χ0n) is 10.6. The third-order valence-electron chi connectivity index (χ3n) is 3.58. The molecule has 3 N–H and O–H groups in total. The van der Waals surface area contributed by atoms with Gasteiger partial charge in [0.25, 0.3) is 0 Å². The summed E-state index contributed by atoms with van der Waals surface area (Å²) in [7, 11) is 0. The van der Waals surface area contributed by atoms with Crippen molar-refractivity contribution in [3.63, 3.8) is 0 Å². The van der Waals surface area contributed by atoms with E-state index in [-0.39, 0.29) is 0 Å². The van der Waals surface area contributed by atoms with Gasteiger partial charge in [0.1, 0.15) is 0 Å². The molecule has 0 unspecified atom stereocenters. The average Bonchev–Trinajstić information content (AvgIpc) is 2.79. The number of hydrogen-bond acceptors (Lipinski definition) is 2. The van der Waals surface area contributed by atoms with Gasteiger partial charge in [-0.05, 0) is 42.1 Å². The van der Waals surface area contributed by atoms with Crippen LogP contribution in [0.25, 0.3) is 0 Å². The van der Waals surface area contributed by atoms with Gasteiger partial charge in [0.05, 0.1) is 0 Å². The maximum Gasteiger partial charge on any atom is 0.185 e. The van der Waals surface area contributed by atoms with E-state index >= 15 is 0 Å². The SMILES string of the molecule is S=C(NCc1ccccc1)NNC1=C2C=CC[C@@H]2C1. The van der Waals surface area contributed by atoms with Gasteiger partial charge in [-0.3, -0.25) is 5.43 Å². The summed E-state index contributed by atoms with van der Waals surface area (Å²) in [5.74, 6) is 0.746. The number of benzene rings is 1. The topological polar surface area (TPSA) is 36.1 Å². The largest absolute Gasteiger partial charge is 0.357 e. The molecule has 0 radical (unpaired) electrons. The first-order valence-corrected chi connectivity index (χ1v) is 6.97. The highest BCUT2D eigenvalue weighted by Gasteiger charge is 2.29. The number of hydrazine groups is 1. The maximum atomic E-state index is 5.24. The maximum absolute atomic E-state index is 5.24. The Labute approximate surface area is 118 Å². The molecule has 3 nitrogen and oxygen atoms in total. The number of hydrogen-bond donors (Lipinski definition) is 3. The van der Waals surface area contributed by atoms with Crippen molar-refractivity contribution in [1.82, 2.24) is 16.2 Å². The predicted octanol–water partition coefficient (Wildman–Crippen LogP) is 2.39. The summed E-state index contributed by atoms with van der Waals surface area (Å²) in [4.78, 5) is 0. The minimum absolute atomic E-state index is 0.627. The van der Waals surface area contributed by atoms with Crippen LogP contribution in [0.15, 0.2) is 53.8 Å². The molecular weight excluding hydrogens is 254 g/mol. The standard InChI is InChI=1S/C15H17N3S/c19-15(16-10-11-5-2-1-3-6-11)18-17-14-9-12-7-4-8-13(12)14/h1-6,8,12,17H,7,9-10H2,(H2,16,18,19)/t12-/m1/s1. The minimum atomic E-state index is 0.627. The van der Waals surface area contributed by atoms with Crippen LogP contribution in [0.1, 0.15) is 18.4 Å². The second-order valence-corrected chi connectivity index (χ2v) is 5.30. The van der Waals surface area contributed by atoms with Crippen LogP contribution in [0.2, 0.25) is 0 Å². The summed E-state index contributed by atoms with van der Waals surface area (Å²) in [6.07, 6.45) is 6.76.